The van der Waals surface area contributed by atoms with Crippen molar-refractivity contribution in [3.05, 3.63) is 29.8 Å². The summed E-state index contributed by atoms with van der Waals surface area (Å²) in [6, 6.07) is 6.21. The summed E-state index contributed by atoms with van der Waals surface area (Å²) in [4.78, 5) is 26.4. The lowest BCUT2D eigenvalue weighted by atomic mass is 9.96. The van der Waals surface area contributed by atoms with Crippen LogP contribution < -0.4 is 4.31 Å². The highest BCUT2D eigenvalue weighted by Crippen LogP contribution is 2.25. The fraction of sp³-hybridized carbons (Fsp3) is 0.579. The molecular weight excluding hydrogens is 368 g/mol. The highest BCUT2D eigenvalue weighted by Gasteiger charge is 2.35. The summed E-state index contributed by atoms with van der Waals surface area (Å²) in [6.07, 6.45) is 2.16. The van der Waals surface area contributed by atoms with Gasteiger partial charge in [0, 0.05) is 13.1 Å². The van der Waals surface area contributed by atoms with Crippen LogP contribution in [0.2, 0.25) is 0 Å². The van der Waals surface area contributed by atoms with Crippen molar-refractivity contribution in [1.29, 1.82) is 0 Å². The molecule has 1 heterocycles. The molecule has 1 saturated heterocycles. The van der Waals surface area contributed by atoms with Crippen LogP contribution in [-0.4, -0.2) is 57.2 Å². The number of sulfonamides is 1. The normalized spacial score (nSPS) is 16.7. The number of carbonyl (C=O) groups excluding carboxylic acids is 2. The van der Waals surface area contributed by atoms with E-state index in [1.807, 2.05) is 13.0 Å². The predicted octanol–water partition coefficient (Wildman–Crippen LogP) is 1.95. The van der Waals surface area contributed by atoms with Crippen molar-refractivity contribution in [3.8, 4) is 0 Å². The molecule has 1 aromatic rings. The second kappa shape index (κ2) is 8.73. The van der Waals surface area contributed by atoms with Gasteiger partial charge in [-0.3, -0.25) is 13.9 Å². The Morgan fingerprint density at radius 1 is 1.30 bits per heavy atom. The summed E-state index contributed by atoms with van der Waals surface area (Å²) in [5.74, 6) is -0.688. The van der Waals surface area contributed by atoms with Gasteiger partial charge in [0.2, 0.25) is 15.9 Å². The molecule has 0 N–H and O–H groups in total. The van der Waals surface area contributed by atoms with E-state index in [-0.39, 0.29) is 17.8 Å². The van der Waals surface area contributed by atoms with Crippen molar-refractivity contribution in [2.75, 3.05) is 30.3 Å². The van der Waals surface area contributed by atoms with Crippen molar-refractivity contribution in [3.63, 3.8) is 0 Å². The molecule has 0 unspecified atom stereocenters. The van der Waals surface area contributed by atoms with Gasteiger partial charge in [-0.1, -0.05) is 12.1 Å². The maximum absolute atomic E-state index is 13.0. The number of carbonyl (C=O) groups is 2. The zero-order valence-corrected chi connectivity index (χ0v) is 17.2. The summed E-state index contributed by atoms with van der Waals surface area (Å²) in [7, 11) is -3.64. The third-order valence-corrected chi connectivity index (χ3v) is 5.99. The van der Waals surface area contributed by atoms with Gasteiger partial charge in [-0.2, -0.15) is 0 Å². The maximum atomic E-state index is 13.0. The number of piperidine rings is 1. The van der Waals surface area contributed by atoms with Gasteiger partial charge in [0.25, 0.3) is 0 Å². The number of amides is 1. The van der Waals surface area contributed by atoms with Crippen LogP contribution in [0.15, 0.2) is 24.3 Å². The first-order chi connectivity index (χ1) is 12.6. The van der Waals surface area contributed by atoms with E-state index < -0.39 is 16.1 Å². The molecule has 0 saturated carbocycles. The molecule has 0 aliphatic carbocycles. The van der Waals surface area contributed by atoms with E-state index in [4.69, 9.17) is 4.74 Å². The monoisotopic (exact) mass is 396 g/mol. The molecule has 1 aliphatic rings. The summed E-state index contributed by atoms with van der Waals surface area (Å²) >= 11 is 0. The minimum absolute atomic E-state index is 0.202. The largest absolute Gasteiger partial charge is 0.466 e. The first kappa shape index (κ1) is 21.2. The minimum Gasteiger partial charge on any atom is -0.466 e. The maximum Gasteiger partial charge on any atom is 0.309 e. The second-order valence-corrected chi connectivity index (χ2v) is 8.78. The highest BCUT2D eigenvalue weighted by atomic mass is 32.2. The van der Waals surface area contributed by atoms with Gasteiger partial charge >= 0.3 is 5.97 Å². The van der Waals surface area contributed by atoms with Crippen LogP contribution in [0.5, 0.6) is 0 Å². The quantitative estimate of drug-likeness (QED) is 0.686. The Balaban J connectivity index is 2.13. The lowest BCUT2D eigenvalue weighted by Gasteiger charge is -2.36. The predicted molar refractivity (Wildman–Crippen MR) is 104 cm³/mol. The van der Waals surface area contributed by atoms with Crippen LogP contribution >= 0.6 is 0 Å². The van der Waals surface area contributed by atoms with Gasteiger partial charge in [0.05, 0.1) is 24.5 Å². The number of rotatable bonds is 6. The van der Waals surface area contributed by atoms with Crippen molar-refractivity contribution >= 4 is 27.6 Å². The topological polar surface area (TPSA) is 84.0 Å². The van der Waals surface area contributed by atoms with Crippen LogP contribution in [0, 0.1) is 12.8 Å². The Morgan fingerprint density at radius 3 is 2.44 bits per heavy atom. The first-order valence-electron chi connectivity index (χ1n) is 9.16. The summed E-state index contributed by atoms with van der Waals surface area (Å²) in [6.45, 7) is 6.41. The second-order valence-electron chi connectivity index (χ2n) is 6.93. The van der Waals surface area contributed by atoms with Gasteiger partial charge in [0.15, 0.2) is 0 Å². The molecular formula is C19H28N2O5S. The van der Waals surface area contributed by atoms with Crippen LogP contribution in [0.4, 0.5) is 5.69 Å². The number of hydrogen-bond donors (Lipinski definition) is 0. The lowest BCUT2D eigenvalue weighted by molar-refractivity contribution is -0.151. The molecule has 1 aromatic carbocycles. The Bertz CT molecular complexity index is 785. The smallest absolute Gasteiger partial charge is 0.309 e. The number of hydrogen-bond acceptors (Lipinski definition) is 5. The standard InChI is InChI=1S/C19H28N2O5S/c1-5-26-19(23)16-9-11-20(12-10-16)18(22)15(3)21(27(4,24)25)17-8-6-7-14(2)13-17/h6-8,13,15-16H,5,9-12H2,1-4H3/t15-/m0/s1. The molecule has 7 nitrogen and oxygen atoms in total. The van der Waals surface area contributed by atoms with E-state index in [0.29, 0.717) is 38.2 Å². The molecule has 0 radical (unpaired) electrons. The Morgan fingerprint density at radius 2 is 1.93 bits per heavy atom. The molecule has 2 rings (SSSR count). The molecule has 0 aromatic heterocycles. The van der Waals surface area contributed by atoms with Crippen molar-refractivity contribution in [2.24, 2.45) is 5.92 Å². The SMILES string of the molecule is CCOC(=O)C1CCN(C(=O)[C@H](C)N(c2cccc(C)c2)S(C)(=O)=O)CC1. The van der Waals surface area contributed by atoms with E-state index in [2.05, 4.69) is 0 Å². The number of nitrogens with zero attached hydrogens (tertiary/aromatic N) is 2. The van der Waals surface area contributed by atoms with E-state index in [1.165, 1.54) is 4.31 Å². The van der Waals surface area contributed by atoms with Crippen molar-refractivity contribution < 1.29 is 22.7 Å². The number of likely N-dealkylation sites (tertiary alicyclic amines) is 1. The Hall–Kier alpha value is -2.09. The van der Waals surface area contributed by atoms with Gasteiger partial charge < -0.3 is 9.64 Å². The molecule has 1 atom stereocenters. The van der Waals surface area contributed by atoms with Crippen LogP contribution in [0.1, 0.15) is 32.3 Å². The molecule has 8 heteroatoms. The molecule has 0 bridgehead atoms. The van der Waals surface area contributed by atoms with E-state index in [9.17, 15) is 18.0 Å². The van der Waals surface area contributed by atoms with Gasteiger partial charge in [-0.05, 0) is 51.3 Å². The fourth-order valence-electron chi connectivity index (χ4n) is 3.43. The van der Waals surface area contributed by atoms with E-state index >= 15 is 0 Å². The van der Waals surface area contributed by atoms with Gasteiger partial charge in [-0.25, -0.2) is 8.42 Å². The number of ether oxygens (including phenoxy) is 1. The summed E-state index contributed by atoms with van der Waals surface area (Å²) < 4.78 is 31.0. The molecule has 1 amide bonds. The minimum atomic E-state index is -3.64. The van der Waals surface area contributed by atoms with E-state index in [1.54, 1.807) is 36.9 Å². The number of anilines is 1. The Kier molecular flexibility index (Phi) is 6.86. The zero-order valence-electron chi connectivity index (χ0n) is 16.3. The lowest BCUT2D eigenvalue weighted by Crippen LogP contribution is -2.51. The van der Waals surface area contributed by atoms with Crippen LogP contribution in [0.25, 0.3) is 0 Å². The Labute approximate surface area is 161 Å². The molecule has 150 valence electrons. The third kappa shape index (κ3) is 5.22. The highest BCUT2D eigenvalue weighted by molar-refractivity contribution is 7.92. The first-order valence-corrected chi connectivity index (χ1v) is 11.0. The van der Waals surface area contributed by atoms with E-state index in [0.717, 1.165) is 11.8 Å². The van der Waals surface area contributed by atoms with Gasteiger partial charge in [-0.15, -0.1) is 0 Å². The molecule has 1 fully saturated rings. The average Bonchev–Trinajstić information content (AvgIpc) is 2.60. The average molecular weight is 397 g/mol. The molecule has 0 spiro atoms. The number of benzene rings is 1. The van der Waals surface area contributed by atoms with Crippen LogP contribution in [-0.2, 0) is 24.3 Å². The fourth-order valence-corrected chi connectivity index (χ4v) is 4.59. The molecule has 1 aliphatic heterocycles. The number of aryl methyl sites for hydroxylation is 1. The zero-order chi connectivity index (χ0) is 20.2. The van der Waals surface area contributed by atoms with Crippen LogP contribution in [0.3, 0.4) is 0 Å². The van der Waals surface area contributed by atoms with Gasteiger partial charge in [0.1, 0.15) is 6.04 Å². The van der Waals surface area contributed by atoms with Crippen molar-refractivity contribution in [1.82, 2.24) is 4.90 Å². The third-order valence-electron chi connectivity index (χ3n) is 4.75. The molecule has 27 heavy (non-hydrogen) atoms. The summed E-state index contributed by atoms with van der Waals surface area (Å²) in [5.41, 5.74) is 1.39. The van der Waals surface area contributed by atoms with Crippen molar-refractivity contribution in [2.45, 2.75) is 39.7 Å². The summed E-state index contributed by atoms with van der Waals surface area (Å²) in [5, 5.41) is 0. The number of esters is 1.